The molecule has 0 unspecified atom stereocenters. The number of para-hydroxylation sites is 1. The number of aromatic nitrogens is 5. The van der Waals surface area contributed by atoms with E-state index in [-0.39, 0.29) is 0 Å². The van der Waals surface area contributed by atoms with Crippen molar-refractivity contribution in [2.24, 2.45) is 0 Å². The van der Waals surface area contributed by atoms with Crippen LogP contribution < -0.4 is 0 Å². The van der Waals surface area contributed by atoms with E-state index in [1.807, 2.05) is 73.3 Å². The molecule has 0 aliphatic carbocycles. The molecule has 0 radical (unpaired) electrons. The normalized spacial score (nSPS) is 11.3. The summed E-state index contributed by atoms with van der Waals surface area (Å²) < 4.78 is 1.20. The first-order valence-electron chi connectivity index (χ1n) is 18.1. The van der Waals surface area contributed by atoms with Gasteiger partial charge in [-0.1, -0.05) is 133 Å². The Balaban J connectivity index is 1.09. The summed E-state index contributed by atoms with van der Waals surface area (Å²) in [6.07, 6.45) is 7.52. The first kappa shape index (κ1) is 32.5. The topological polar surface area (TPSA) is 64.5 Å². The molecular formula is C49H31N5S. The van der Waals surface area contributed by atoms with Gasteiger partial charge in [0.1, 0.15) is 0 Å². The lowest BCUT2D eigenvalue weighted by Gasteiger charge is -2.12. The first-order chi connectivity index (χ1) is 27.3. The fourth-order valence-electron chi connectivity index (χ4n) is 7.23. The maximum atomic E-state index is 5.35. The van der Waals surface area contributed by atoms with E-state index in [9.17, 15) is 0 Å². The minimum Gasteiger partial charge on any atom is -0.264 e. The summed E-state index contributed by atoms with van der Waals surface area (Å²) in [4.78, 5) is 25.5. The van der Waals surface area contributed by atoms with Gasteiger partial charge < -0.3 is 0 Å². The maximum absolute atomic E-state index is 5.35. The monoisotopic (exact) mass is 721 g/mol. The van der Waals surface area contributed by atoms with Gasteiger partial charge in [-0.15, -0.1) is 11.3 Å². The van der Waals surface area contributed by atoms with Gasteiger partial charge in [0.2, 0.25) is 0 Å². The van der Waals surface area contributed by atoms with Crippen LogP contribution in [0, 0.1) is 0 Å². The molecule has 55 heavy (non-hydrogen) atoms. The SMILES string of the molecule is c1ccc(-c2cc(-c3cccc(-c4ccc(-c5nc6ccccc6c6sc(-c7cccnc7)c(-c7cccnc7)c56)cc4)c3)nc(-c3ccccc3)n2)cc1. The Labute approximate surface area is 322 Å². The molecule has 0 aliphatic heterocycles. The summed E-state index contributed by atoms with van der Waals surface area (Å²) in [6, 6.07) is 56.6. The molecular weight excluding hydrogens is 691 g/mol. The van der Waals surface area contributed by atoms with Crippen molar-refractivity contribution in [2.45, 2.75) is 0 Å². The highest BCUT2D eigenvalue weighted by atomic mass is 32.1. The van der Waals surface area contributed by atoms with Gasteiger partial charge in [0, 0.05) is 84.1 Å². The number of hydrogen-bond donors (Lipinski definition) is 0. The van der Waals surface area contributed by atoms with Crippen molar-refractivity contribution in [3.63, 3.8) is 0 Å². The van der Waals surface area contributed by atoms with Crippen LogP contribution in [0.1, 0.15) is 0 Å². The van der Waals surface area contributed by atoms with E-state index in [0.717, 1.165) is 88.3 Å². The van der Waals surface area contributed by atoms with E-state index in [1.54, 1.807) is 11.3 Å². The van der Waals surface area contributed by atoms with Crippen LogP contribution in [0.3, 0.4) is 0 Å². The summed E-state index contributed by atoms with van der Waals surface area (Å²) >= 11 is 1.79. The van der Waals surface area contributed by atoms with Crippen molar-refractivity contribution in [3.8, 4) is 77.9 Å². The predicted molar refractivity (Wildman–Crippen MR) is 226 cm³/mol. The lowest BCUT2D eigenvalue weighted by molar-refractivity contribution is 1.18. The molecule has 0 saturated heterocycles. The smallest absolute Gasteiger partial charge is 0.160 e. The number of pyridine rings is 3. The van der Waals surface area contributed by atoms with E-state index in [2.05, 4.69) is 125 Å². The van der Waals surface area contributed by atoms with Gasteiger partial charge in [-0.05, 0) is 41.5 Å². The Morgan fingerprint density at radius 2 is 1.00 bits per heavy atom. The average Bonchev–Trinajstić information content (AvgIpc) is 3.69. The van der Waals surface area contributed by atoms with E-state index in [4.69, 9.17) is 15.0 Å². The van der Waals surface area contributed by atoms with Crippen molar-refractivity contribution in [3.05, 3.63) is 189 Å². The predicted octanol–water partition coefficient (Wildman–Crippen LogP) is 12.7. The summed E-state index contributed by atoms with van der Waals surface area (Å²) in [5, 5.41) is 2.26. The lowest BCUT2D eigenvalue weighted by atomic mass is 9.95. The van der Waals surface area contributed by atoms with Crippen molar-refractivity contribution in [2.75, 3.05) is 0 Å². The van der Waals surface area contributed by atoms with Gasteiger partial charge in [-0.2, -0.15) is 0 Å². The highest BCUT2D eigenvalue weighted by Crippen LogP contribution is 2.49. The van der Waals surface area contributed by atoms with Crippen molar-refractivity contribution < 1.29 is 0 Å². The molecule has 258 valence electrons. The van der Waals surface area contributed by atoms with Crippen LogP contribution in [0.5, 0.6) is 0 Å². The van der Waals surface area contributed by atoms with Gasteiger partial charge in [0.15, 0.2) is 5.82 Å². The quantitative estimate of drug-likeness (QED) is 0.164. The Bertz CT molecular complexity index is 2890. The molecule has 0 aliphatic rings. The third-order valence-electron chi connectivity index (χ3n) is 9.88. The van der Waals surface area contributed by atoms with Gasteiger partial charge in [0.05, 0.1) is 22.6 Å². The Hall–Kier alpha value is -7.15. The molecule has 5 heterocycles. The van der Waals surface area contributed by atoms with E-state index in [1.165, 1.54) is 4.70 Å². The van der Waals surface area contributed by atoms with Gasteiger partial charge in [-0.25, -0.2) is 15.0 Å². The summed E-state index contributed by atoms with van der Waals surface area (Å²) in [7, 11) is 0. The highest BCUT2D eigenvalue weighted by Gasteiger charge is 2.23. The molecule has 0 fully saturated rings. The van der Waals surface area contributed by atoms with Crippen LogP contribution in [-0.2, 0) is 0 Å². The Morgan fingerprint density at radius 1 is 0.400 bits per heavy atom. The van der Waals surface area contributed by atoms with E-state index >= 15 is 0 Å². The largest absolute Gasteiger partial charge is 0.264 e. The summed E-state index contributed by atoms with van der Waals surface area (Å²) in [5.74, 6) is 0.701. The van der Waals surface area contributed by atoms with Crippen LogP contribution in [0.2, 0.25) is 0 Å². The fraction of sp³-hybridized carbons (Fsp3) is 0. The minimum atomic E-state index is 0.701. The first-order valence-corrected chi connectivity index (χ1v) is 19.0. The zero-order chi connectivity index (χ0) is 36.6. The molecule has 6 heteroatoms. The highest BCUT2D eigenvalue weighted by molar-refractivity contribution is 7.24. The van der Waals surface area contributed by atoms with Crippen LogP contribution in [-0.4, -0.2) is 24.9 Å². The van der Waals surface area contributed by atoms with Gasteiger partial charge in [-0.3, -0.25) is 9.97 Å². The third-order valence-corrected chi connectivity index (χ3v) is 11.1. The van der Waals surface area contributed by atoms with Crippen molar-refractivity contribution >= 4 is 32.3 Å². The number of fused-ring (bicyclic) bond motifs is 3. The zero-order valence-electron chi connectivity index (χ0n) is 29.5. The molecule has 5 aromatic carbocycles. The third kappa shape index (κ3) is 6.14. The molecule has 0 atom stereocenters. The Morgan fingerprint density at radius 3 is 1.73 bits per heavy atom. The number of nitrogens with zero attached hydrogens (tertiary/aromatic N) is 5. The average molecular weight is 722 g/mol. The van der Waals surface area contributed by atoms with Crippen LogP contribution in [0.25, 0.3) is 98.8 Å². The Kier molecular flexibility index (Phi) is 8.28. The minimum absolute atomic E-state index is 0.701. The summed E-state index contributed by atoms with van der Waals surface area (Å²) in [6.45, 7) is 0. The molecule has 0 bridgehead atoms. The maximum Gasteiger partial charge on any atom is 0.160 e. The number of hydrogen-bond acceptors (Lipinski definition) is 6. The molecule has 10 aromatic rings. The standard InChI is InChI=1S/C49H31N5S/c1-3-12-33(13-4-1)42-29-43(54-49(53-42)35-14-5-2-6-15-35)37-17-9-16-36(28-37)32-22-24-34(25-23-32)46-45-44(38-18-10-26-50-30-38)47(39-19-11-27-51-31-39)55-48(45)40-20-7-8-21-41(40)52-46/h1-31H. The molecule has 0 spiro atoms. The van der Waals surface area contributed by atoms with Crippen molar-refractivity contribution in [1.82, 2.24) is 24.9 Å². The molecule has 10 rings (SSSR count). The van der Waals surface area contributed by atoms with Gasteiger partial charge >= 0.3 is 0 Å². The van der Waals surface area contributed by atoms with Crippen molar-refractivity contribution in [1.29, 1.82) is 0 Å². The molecule has 5 nitrogen and oxygen atoms in total. The lowest BCUT2D eigenvalue weighted by Crippen LogP contribution is -1.96. The van der Waals surface area contributed by atoms with Crippen LogP contribution >= 0.6 is 11.3 Å². The zero-order valence-corrected chi connectivity index (χ0v) is 30.4. The van der Waals surface area contributed by atoms with E-state index in [0.29, 0.717) is 5.82 Å². The second kappa shape index (κ2) is 14.0. The second-order valence-corrected chi connectivity index (χ2v) is 14.3. The summed E-state index contributed by atoms with van der Waals surface area (Å²) in [5.41, 5.74) is 13.2. The van der Waals surface area contributed by atoms with Crippen LogP contribution in [0.15, 0.2) is 189 Å². The molecule has 0 saturated carbocycles. The fourth-order valence-corrected chi connectivity index (χ4v) is 8.58. The molecule has 0 N–H and O–H groups in total. The molecule has 5 aromatic heterocycles. The molecule has 0 amide bonds. The van der Waals surface area contributed by atoms with Gasteiger partial charge in [0.25, 0.3) is 0 Å². The number of thiophene rings is 1. The van der Waals surface area contributed by atoms with E-state index < -0.39 is 0 Å². The van der Waals surface area contributed by atoms with Crippen LogP contribution in [0.4, 0.5) is 0 Å². The number of rotatable bonds is 7. The number of benzene rings is 5. The second-order valence-electron chi connectivity index (χ2n) is 13.3.